The standard InChI is InChI=1S/C11H17N3O6S/c1-6(2)4-8(11(17)20-3)14-21(18,19)9-7(10(15)16)5-12-13-9/h5-6,8,14H,4H2,1-3H3,(H,12,13)(H,15,16). The highest BCUT2D eigenvalue weighted by Crippen LogP contribution is 2.14. The molecule has 0 aliphatic rings. The van der Waals surface area contributed by atoms with E-state index in [2.05, 4.69) is 19.7 Å². The van der Waals surface area contributed by atoms with E-state index in [0.29, 0.717) is 0 Å². The summed E-state index contributed by atoms with van der Waals surface area (Å²) in [5, 5.41) is 13.8. The van der Waals surface area contributed by atoms with Gasteiger partial charge in [0.2, 0.25) is 0 Å². The predicted molar refractivity (Wildman–Crippen MR) is 71.1 cm³/mol. The van der Waals surface area contributed by atoms with Gasteiger partial charge in [0.25, 0.3) is 10.0 Å². The Hall–Kier alpha value is -1.94. The number of methoxy groups -OCH3 is 1. The van der Waals surface area contributed by atoms with Gasteiger partial charge in [0.1, 0.15) is 11.6 Å². The largest absolute Gasteiger partial charge is 0.478 e. The Morgan fingerprint density at radius 3 is 2.57 bits per heavy atom. The topological polar surface area (TPSA) is 138 Å². The van der Waals surface area contributed by atoms with Crippen LogP contribution in [0.15, 0.2) is 11.2 Å². The van der Waals surface area contributed by atoms with Crippen LogP contribution in [0, 0.1) is 5.92 Å². The van der Waals surface area contributed by atoms with Crippen LogP contribution >= 0.6 is 0 Å². The van der Waals surface area contributed by atoms with Crippen molar-refractivity contribution in [1.82, 2.24) is 14.9 Å². The van der Waals surface area contributed by atoms with Gasteiger partial charge in [-0.1, -0.05) is 13.8 Å². The number of carbonyl (C=O) groups is 2. The number of hydrogen-bond acceptors (Lipinski definition) is 6. The van der Waals surface area contributed by atoms with Gasteiger partial charge < -0.3 is 9.84 Å². The first-order valence-electron chi connectivity index (χ1n) is 6.05. The molecule has 1 heterocycles. The minimum Gasteiger partial charge on any atom is -0.478 e. The monoisotopic (exact) mass is 319 g/mol. The average molecular weight is 319 g/mol. The van der Waals surface area contributed by atoms with Crippen LogP contribution in [0.4, 0.5) is 0 Å². The quantitative estimate of drug-likeness (QED) is 0.600. The maximum absolute atomic E-state index is 12.2. The maximum atomic E-state index is 12.2. The zero-order valence-electron chi connectivity index (χ0n) is 11.8. The van der Waals surface area contributed by atoms with E-state index >= 15 is 0 Å². The first-order chi connectivity index (χ1) is 9.69. The summed E-state index contributed by atoms with van der Waals surface area (Å²) in [6.45, 7) is 3.62. The summed E-state index contributed by atoms with van der Waals surface area (Å²) in [5.74, 6) is -2.16. The Kier molecular flexibility index (Phi) is 5.44. The number of esters is 1. The first kappa shape index (κ1) is 17.1. The SMILES string of the molecule is COC(=O)C(CC(C)C)NS(=O)(=O)c1[nH]ncc1C(=O)O. The number of aromatic amines is 1. The molecule has 0 amide bonds. The molecule has 21 heavy (non-hydrogen) atoms. The van der Waals surface area contributed by atoms with Gasteiger partial charge in [0, 0.05) is 0 Å². The van der Waals surface area contributed by atoms with Crippen LogP contribution in [-0.4, -0.2) is 48.8 Å². The van der Waals surface area contributed by atoms with Crippen LogP contribution in [0.5, 0.6) is 0 Å². The summed E-state index contributed by atoms with van der Waals surface area (Å²) in [4.78, 5) is 22.6. The fraction of sp³-hybridized carbons (Fsp3) is 0.545. The van der Waals surface area contributed by atoms with Gasteiger partial charge in [0.15, 0.2) is 5.03 Å². The summed E-state index contributed by atoms with van der Waals surface area (Å²) >= 11 is 0. The molecule has 0 spiro atoms. The molecule has 0 aliphatic heterocycles. The molecule has 10 heteroatoms. The second kappa shape index (κ2) is 6.68. The Bertz CT molecular complexity index is 622. The van der Waals surface area contributed by atoms with E-state index in [9.17, 15) is 18.0 Å². The van der Waals surface area contributed by atoms with E-state index in [1.807, 2.05) is 13.8 Å². The van der Waals surface area contributed by atoms with Crippen molar-refractivity contribution in [2.24, 2.45) is 5.92 Å². The summed E-state index contributed by atoms with van der Waals surface area (Å²) in [6.07, 6.45) is 1.09. The number of carboxylic acid groups (broad SMARTS) is 1. The van der Waals surface area contributed by atoms with Crippen molar-refractivity contribution in [2.45, 2.75) is 31.3 Å². The Balaban J connectivity index is 3.08. The third kappa shape index (κ3) is 4.26. The molecule has 0 radical (unpaired) electrons. The molecule has 1 atom stereocenters. The van der Waals surface area contributed by atoms with E-state index < -0.39 is 38.6 Å². The maximum Gasteiger partial charge on any atom is 0.340 e. The first-order valence-corrected chi connectivity index (χ1v) is 7.54. The minimum atomic E-state index is -4.24. The summed E-state index contributed by atoms with van der Waals surface area (Å²) in [5.41, 5.74) is -0.504. The fourth-order valence-electron chi connectivity index (χ4n) is 1.68. The Morgan fingerprint density at radius 1 is 1.48 bits per heavy atom. The number of carboxylic acids is 1. The number of carbonyl (C=O) groups excluding carboxylic acids is 1. The lowest BCUT2D eigenvalue weighted by atomic mass is 10.1. The van der Waals surface area contributed by atoms with Crippen molar-refractivity contribution < 1.29 is 27.9 Å². The summed E-state index contributed by atoms with van der Waals surface area (Å²) < 4.78 is 31.0. The van der Waals surface area contributed by atoms with E-state index in [1.165, 1.54) is 0 Å². The van der Waals surface area contributed by atoms with Gasteiger partial charge in [-0.15, -0.1) is 0 Å². The number of H-pyrrole nitrogens is 1. The van der Waals surface area contributed by atoms with E-state index in [1.54, 1.807) is 0 Å². The third-order valence-electron chi connectivity index (χ3n) is 2.59. The molecule has 118 valence electrons. The predicted octanol–water partition coefficient (Wildman–Crippen LogP) is -0.0261. The van der Waals surface area contributed by atoms with E-state index in [-0.39, 0.29) is 12.3 Å². The zero-order chi connectivity index (χ0) is 16.2. The van der Waals surface area contributed by atoms with Crippen LogP contribution in [0.3, 0.4) is 0 Å². The minimum absolute atomic E-state index is 0.0255. The highest BCUT2D eigenvalue weighted by molar-refractivity contribution is 7.89. The molecule has 0 fully saturated rings. The molecule has 9 nitrogen and oxygen atoms in total. The number of rotatable bonds is 7. The number of nitrogens with zero attached hydrogens (tertiary/aromatic N) is 1. The van der Waals surface area contributed by atoms with Crippen molar-refractivity contribution in [3.8, 4) is 0 Å². The van der Waals surface area contributed by atoms with Crippen LogP contribution in [0.25, 0.3) is 0 Å². The molecule has 0 saturated carbocycles. The van der Waals surface area contributed by atoms with Crippen molar-refractivity contribution in [3.05, 3.63) is 11.8 Å². The molecule has 3 N–H and O–H groups in total. The number of aromatic carboxylic acids is 1. The lowest BCUT2D eigenvalue weighted by Gasteiger charge is -2.17. The number of aromatic nitrogens is 2. The normalized spacial score (nSPS) is 13.1. The van der Waals surface area contributed by atoms with Crippen molar-refractivity contribution in [2.75, 3.05) is 7.11 Å². The van der Waals surface area contributed by atoms with Crippen molar-refractivity contribution in [3.63, 3.8) is 0 Å². The molecular formula is C11H17N3O6S. The second-order valence-electron chi connectivity index (χ2n) is 4.74. The van der Waals surface area contributed by atoms with E-state index in [0.717, 1.165) is 13.3 Å². The van der Waals surface area contributed by atoms with Crippen LogP contribution < -0.4 is 4.72 Å². The molecular weight excluding hydrogens is 302 g/mol. The fourth-order valence-corrected chi connectivity index (χ4v) is 2.97. The number of nitrogens with one attached hydrogen (secondary N) is 2. The molecule has 1 aromatic rings. The molecule has 0 aromatic carbocycles. The lowest BCUT2D eigenvalue weighted by Crippen LogP contribution is -2.42. The van der Waals surface area contributed by atoms with Gasteiger partial charge in [-0.05, 0) is 12.3 Å². The second-order valence-corrected chi connectivity index (χ2v) is 6.40. The number of hydrogen-bond donors (Lipinski definition) is 3. The van der Waals surface area contributed by atoms with Crippen molar-refractivity contribution >= 4 is 22.0 Å². The van der Waals surface area contributed by atoms with Gasteiger partial charge in [-0.2, -0.15) is 9.82 Å². The molecule has 0 aliphatic carbocycles. The van der Waals surface area contributed by atoms with Crippen LogP contribution in [0.2, 0.25) is 0 Å². The average Bonchev–Trinajstić information content (AvgIpc) is 2.86. The molecule has 1 aromatic heterocycles. The highest BCUT2D eigenvalue weighted by atomic mass is 32.2. The van der Waals surface area contributed by atoms with Gasteiger partial charge in [-0.25, -0.2) is 13.2 Å². The summed E-state index contributed by atoms with van der Waals surface area (Å²) in [6, 6.07) is -1.11. The van der Waals surface area contributed by atoms with Crippen LogP contribution in [-0.2, 0) is 19.6 Å². The Labute approximate surface area is 121 Å². The summed E-state index contributed by atoms with van der Waals surface area (Å²) in [7, 11) is -3.10. The highest BCUT2D eigenvalue weighted by Gasteiger charge is 2.31. The van der Waals surface area contributed by atoms with E-state index in [4.69, 9.17) is 5.11 Å². The smallest absolute Gasteiger partial charge is 0.340 e. The van der Waals surface area contributed by atoms with Crippen molar-refractivity contribution in [1.29, 1.82) is 0 Å². The van der Waals surface area contributed by atoms with Gasteiger partial charge in [-0.3, -0.25) is 9.89 Å². The number of sulfonamides is 1. The molecule has 0 bridgehead atoms. The molecule has 1 rings (SSSR count). The van der Waals surface area contributed by atoms with Crippen LogP contribution in [0.1, 0.15) is 30.6 Å². The Morgan fingerprint density at radius 2 is 2.10 bits per heavy atom. The van der Waals surface area contributed by atoms with Gasteiger partial charge >= 0.3 is 11.9 Å². The molecule has 0 saturated heterocycles. The van der Waals surface area contributed by atoms with Gasteiger partial charge in [0.05, 0.1) is 13.3 Å². The number of ether oxygens (including phenoxy) is 1. The lowest BCUT2D eigenvalue weighted by molar-refractivity contribution is -0.143. The third-order valence-corrected chi connectivity index (χ3v) is 4.04. The molecule has 1 unspecified atom stereocenters. The zero-order valence-corrected chi connectivity index (χ0v) is 12.6.